The molecule has 1 amide bonds. The molecule has 0 fully saturated rings. The smallest absolute Gasteiger partial charge is 0.471 e. The van der Waals surface area contributed by atoms with Gasteiger partial charge in [-0.2, -0.15) is 13.2 Å². The largest absolute Gasteiger partial charge is 0.487 e. The fourth-order valence-electron chi connectivity index (χ4n) is 1.93. The maximum absolute atomic E-state index is 12.1. The van der Waals surface area contributed by atoms with Crippen molar-refractivity contribution in [2.24, 2.45) is 0 Å². The lowest BCUT2D eigenvalue weighted by molar-refractivity contribution is -0.167. The fourth-order valence-corrected chi connectivity index (χ4v) is 1.93. The number of hydrogen-bond donors (Lipinski definition) is 1. The van der Waals surface area contributed by atoms with Crippen LogP contribution in [0.2, 0.25) is 0 Å². The highest BCUT2D eigenvalue weighted by Gasteiger charge is 2.39. The molecule has 20 heavy (non-hydrogen) atoms. The summed E-state index contributed by atoms with van der Waals surface area (Å²) in [5.41, 5.74) is -0.576. The number of Topliss-reactive ketones (excluding diaryl/α,β-unsaturated/α-hetero) is 1. The van der Waals surface area contributed by atoms with E-state index in [1.165, 1.54) is 18.2 Å². The van der Waals surface area contributed by atoms with Crippen LogP contribution in [0.25, 0.3) is 0 Å². The number of hydrogen-bond acceptors (Lipinski definition) is 3. The molecule has 0 saturated heterocycles. The van der Waals surface area contributed by atoms with Gasteiger partial charge in [0, 0.05) is 5.69 Å². The number of carbonyl (C=O) groups is 2. The molecule has 7 heteroatoms. The lowest BCUT2D eigenvalue weighted by Crippen LogP contribution is -2.36. The topological polar surface area (TPSA) is 55.4 Å². The molecule has 1 aromatic rings. The van der Waals surface area contributed by atoms with E-state index in [0.717, 1.165) is 0 Å². The normalized spacial score (nSPS) is 17.1. The zero-order valence-corrected chi connectivity index (χ0v) is 10.8. The molecule has 1 heterocycles. The Kier molecular flexibility index (Phi) is 3.23. The molecular formula is C13H12F3NO3. The van der Waals surface area contributed by atoms with E-state index in [4.69, 9.17) is 4.74 Å². The molecule has 108 valence electrons. The van der Waals surface area contributed by atoms with E-state index in [1.807, 2.05) is 0 Å². The van der Waals surface area contributed by atoms with E-state index in [1.54, 1.807) is 19.2 Å². The fraction of sp³-hybridized carbons (Fsp3) is 0.385. The second kappa shape index (κ2) is 4.50. The highest BCUT2D eigenvalue weighted by molar-refractivity contribution is 6.02. The second-order valence-electron chi connectivity index (χ2n) is 5.12. The van der Waals surface area contributed by atoms with Crippen molar-refractivity contribution in [2.75, 3.05) is 5.32 Å². The Morgan fingerprint density at radius 2 is 2.00 bits per heavy atom. The van der Waals surface area contributed by atoms with Gasteiger partial charge in [0.05, 0.1) is 12.0 Å². The van der Waals surface area contributed by atoms with Gasteiger partial charge in [0.2, 0.25) is 0 Å². The van der Waals surface area contributed by atoms with Gasteiger partial charge in [-0.05, 0) is 32.0 Å². The van der Waals surface area contributed by atoms with Gasteiger partial charge in [0.25, 0.3) is 0 Å². The molecule has 0 radical (unpaired) electrons. The van der Waals surface area contributed by atoms with Crippen molar-refractivity contribution >= 4 is 17.4 Å². The van der Waals surface area contributed by atoms with Crippen molar-refractivity contribution in [1.82, 2.24) is 0 Å². The Hall–Kier alpha value is -2.05. The monoisotopic (exact) mass is 287 g/mol. The highest BCUT2D eigenvalue weighted by Crippen LogP contribution is 2.34. The molecule has 1 aliphatic heterocycles. The molecule has 0 bridgehead atoms. The second-order valence-corrected chi connectivity index (χ2v) is 5.12. The summed E-state index contributed by atoms with van der Waals surface area (Å²) in [5, 5.41) is 1.70. The average molecular weight is 287 g/mol. The van der Waals surface area contributed by atoms with Crippen molar-refractivity contribution in [2.45, 2.75) is 32.0 Å². The third-order valence-corrected chi connectivity index (χ3v) is 2.77. The summed E-state index contributed by atoms with van der Waals surface area (Å²) in [6, 6.07) is 3.83. The van der Waals surface area contributed by atoms with E-state index in [-0.39, 0.29) is 23.5 Å². The number of amides is 1. The summed E-state index contributed by atoms with van der Waals surface area (Å²) >= 11 is 0. The lowest BCUT2D eigenvalue weighted by Gasteiger charge is -2.31. The van der Waals surface area contributed by atoms with Crippen molar-refractivity contribution in [3.63, 3.8) is 0 Å². The van der Waals surface area contributed by atoms with E-state index in [9.17, 15) is 22.8 Å². The Labute approximate surface area is 112 Å². The van der Waals surface area contributed by atoms with Crippen molar-refractivity contribution in [1.29, 1.82) is 0 Å². The molecule has 0 spiro atoms. The molecule has 4 nitrogen and oxygen atoms in total. The van der Waals surface area contributed by atoms with Crippen molar-refractivity contribution in [3.8, 4) is 5.75 Å². The minimum atomic E-state index is -4.97. The van der Waals surface area contributed by atoms with Crippen LogP contribution in [0.1, 0.15) is 30.6 Å². The van der Waals surface area contributed by atoms with Crippen molar-refractivity contribution < 1.29 is 27.5 Å². The van der Waals surface area contributed by atoms with Crippen LogP contribution < -0.4 is 10.1 Å². The van der Waals surface area contributed by atoms with Crippen LogP contribution in [0.5, 0.6) is 5.75 Å². The maximum atomic E-state index is 12.1. The van der Waals surface area contributed by atoms with Crippen LogP contribution >= 0.6 is 0 Å². The number of halogens is 3. The minimum Gasteiger partial charge on any atom is -0.487 e. The molecule has 0 atom stereocenters. The summed E-state index contributed by atoms with van der Waals surface area (Å²) < 4.78 is 42.0. The molecule has 0 saturated carbocycles. The summed E-state index contributed by atoms with van der Waals surface area (Å²) in [7, 11) is 0. The standard InChI is InChI=1S/C13H12F3NO3/c1-12(2)6-9(18)8-5-7(3-4-10(8)20-12)17-11(19)13(14,15)16/h3-5H,6H2,1-2H3,(H,17,19). The molecular weight excluding hydrogens is 275 g/mol. The number of benzene rings is 1. The molecule has 0 aliphatic carbocycles. The first-order chi connectivity index (χ1) is 9.08. The lowest BCUT2D eigenvalue weighted by atomic mass is 9.93. The molecule has 2 rings (SSSR count). The van der Waals surface area contributed by atoms with E-state index >= 15 is 0 Å². The first kappa shape index (κ1) is 14.4. The number of rotatable bonds is 1. The quantitative estimate of drug-likeness (QED) is 0.864. The Bertz CT molecular complexity index is 579. The third kappa shape index (κ3) is 2.92. The van der Waals surface area contributed by atoms with Gasteiger partial charge >= 0.3 is 12.1 Å². The number of carbonyl (C=O) groups excluding carboxylic acids is 2. The number of fused-ring (bicyclic) bond motifs is 1. The minimum absolute atomic E-state index is 0.0947. The van der Waals surface area contributed by atoms with Crippen LogP contribution in [-0.4, -0.2) is 23.5 Å². The van der Waals surface area contributed by atoms with Gasteiger partial charge in [0.15, 0.2) is 5.78 Å². The van der Waals surface area contributed by atoms with Gasteiger partial charge < -0.3 is 10.1 Å². The predicted molar refractivity (Wildman–Crippen MR) is 64.8 cm³/mol. The summed E-state index contributed by atoms with van der Waals surface area (Å²) in [4.78, 5) is 22.8. The molecule has 0 unspecified atom stereocenters. The summed E-state index contributed by atoms with van der Waals surface area (Å²) in [5.74, 6) is -2.02. The van der Waals surface area contributed by atoms with Crippen LogP contribution in [0.4, 0.5) is 18.9 Å². The molecule has 0 aromatic heterocycles. The number of alkyl halides is 3. The number of nitrogens with one attached hydrogen (secondary N) is 1. The maximum Gasteiger partial charge on any atom is 0.471 e. The molecule has 1 aromatic carbocycles. The third-order valence-electron chi connectivity index (χ3n) is 2.77. The zero-order chi connectivity index (χ0) is 15.1. The average Bonchev–Trinajstić information content (AvgIpc) is 2.27. The first-order valence-corrected chi connectivity index (χ1v) is 5.83. The first-order valence-electron chi connectivity index (χ1n) is 5.83. The van der Waals surface area contributed by atoms with E-state index in [2.05, 4.69) is 0 Å². The Morgan fingerprint density at radius 3 is 2.60 bits per heavy atom. The van der Waals surface area contributed by atoms with E-state index in [0.29, 0.717) is 5.75 Å². The van der Waals surface area contributed by atoms with Gasteiger partial charge in [0.1, 0.15) is 11.4 Å². The Morgan fingerprint density at radius 1 is 1.35 bits per heavy atom. The molecule has 1 aliphatic rings. The predicted octanol–water partition coefficient (Wildman–Crippen LogP) is 2.93. The van der Waals surface area contributed by atoms with Gasteiger partial charge in [-0.25, -0.2) is 0 Å². The Balaban J connectivity index is 2.27. The van der Waals surface area contributed by atoms with Crippen molar-refractivity contribution in [3.05, 3.63) is 23.8 Å². The highest BCUT2D eigenvalue weighted by atomic mass is 19.4. The number of ketones is 1. The van der Waals surface area contributed by atoms with Crippen LogP contribution in [0.15, 0.2) is 18.2 Å². The van der Waals surface area contributed by atoms with Gasteiger partial charge in [-0.15, -0.1) is 0 Å². The van der Waals surface area contributed by atoms with Gasteiger partial charge in [-0.1, -0.05) is 0 Å². The number of anilines is 1. The van der Waals surface area contributed by atoms with Crippen LogP contribution in [-0.2, 0) is 4.79 Å². The van der Waals surface area contributed by atoms with Gasteiger partial charge in [-0.3, -0.25) is 9.59 Å². The zero-order valence-electron chi connectivity index (χ0n) is 10.8. The SMILES string of the molecule is CC1(C)CC(=O)c2cc(NC(=O)C(F)(F)F)ccc2O1. The van der Waals surface area contributed by atoms with E-state index < -0.39 is 17.7 Å². The summed E-state index contributed by atoms with van der Waals surface area (Å²) in [6.07, 6.45) is -4.85. The summed E-state index contributed by atoms with van der Waals surface area (Å²) in [6.45, 7) is 3.49. The number of ether oxygens (including phenoxy) is 1. The van der Waals surface area contributed by atoms with Crippen LogP contribution in [0.3, 0.4) is 0 Å². The molecule has 1 N–H and O–H groups in total. The van der Waals surface area contributed by atoms with Crippen LogP contribution in [0, 0.1) is 0 Å².